The number of nitrogens with zero attached hydrogens (tertiary/aromatic N) is 2. The standard InChI is InChI=1S/C17H17N3O4S/c21-17-11-24-16-4-3-13(10-14(16)19-17)25(22,23)20-9-1-2-15(20)12-5-7-18-8-6-12/h3-8,10,15H,1-2,9,11H2,(H,19,21)/t15-/m1/s1. The first-order chi connectivity index (χ1) is 12.1. The van der Waals surface area contributed by atoms with Gasteiger partial charge in [0.1, 0.15) is 5.75 Å². The number of sulfonamides is 1. The molecule has 0 aliphatic carbocycles. The van der Waals surface area contributed by atoms with Crippen molar-refractivity contribution in [2.24, 2.45) is 0 Å². The highest BCUT2D eigenvalue weighted by atomic mass is 32.2. The number of rotatable bonds is 3. The average Bonchev–Trinajstić information content (AvgIpc) is 3.12. The van der Waals surface area contributed by atoms with Crippen LogP contribution in [0, 0.1) is 0 Å². The number of aromatic nitrogens is 1. The van der Waals surface area contributed by atoms with Crippen LogP contribution in [-0.4, -0.2) is 36.8 Å². The van der Waals surface area contributed by atoms with Crippen LogP contribution in [0.2, 0.25) is 0 Å². The lowest BCUT2D eigenvalue weighted by Crippen LogP contribution is -2.31. The number of hydrogen-bond donors (Lipinski definition) is 1. The van der Waals surface area contributed by atoms with Crippen molar-refractivity contribution in [3.05, 3.63) is 48.3 Å². The topological polar surface area (TPSA) is 88.6 Å². The third kappa shape index (κ3) is 2.87. The van der Waals surface area contributed by atoms with E-state index < -0.39 is 10.0 Å². The van der Waals surface area contributed by atoms with Crippen molar-refractivity contribution in [3.63, 3.8) is 0 Å². The van der Waals surface area contributed by atoms with Gasteiger partial charge in [-0.05, 0) is 48.7 Å². The second-order valence-electron chi connectivity index (χ2n) is 6.05. The molecule has 1 N–H and O–H groups in total. The SMILES string of the molecule is O=C1COc2ccc(S(=O)(=O)N3CCC[C@@H]3c3ccncc3)cc2N1. The van der Waals surface area contributed by atoms with Crippen molar-refractivity contribution in [1.29, 1.82) is 0 Å². The number of carbonyl (C=O) groups excluding carboxylic acids is 1. The van der Waals surface area contributed by atoms with Crippen LogP contribution in [-0.2, 0) is 14.8 Å². The first-order valence-electron chi connectivity index (χ1n) is 8.04. The van der Waals surface area contributed by atoms with E-state index in [0.29, 0.717) is 18.0 Å². The van der Waals surface area contributed by atoms with Crippen molar-refractivity contribution in [1.82, 2.24) is 9.29 Å². The molecule has 2 aliphatic rings. The summed E-state index contributed by atoms with van der Waals surface area (Å²) in [6, 6.07) is 8.06. The summed E-state index contributed by atoms with van der Waals surface area (Å²) in [5, 5.41) is 2.65. The van der Waals surface area contributed by atoms with Crippen LogP contribution in [0.1, 0.15) is 24.4 Å². The highest BCUT2D eigenvalue weighted by molar-refractivity contribution is 7.89. The number of ether oxygens (including phenoxy) is 1. The molecular weight excluding hydrogens is 342 g/mol. The lowest BCUT2D eigenvalue weighted by Gasteiger charge is -2.25. The van der Waals surface area contributed by atoms with Gasteiger partial charge in [-0.25, -0.2) is 8.42 Å². The highest BCUT2D eigenvalue weighted by Crippen LogP contribution is 2.38. The number of amides is 1. The normalized spacial score (nSPS) is 20.6. The van der Waals surface area contributed by atoms with Gasteiger partial charge in [0.2, 0.25) is 10.0 Å². The maximum Gasteiger partial charge on any atom is 0.262 e. The fraction of sp³-hybridized carbons (Fsp3) is 0.294. The van der Waals surface area contributed by atoms with Crippen LogP contribution >= 0.6 is 0 Å². The number of nitrogens with one attached hydrogen (secondary N) is 1. The Morgan fingerprint density at radius 2 is 2.00 bits per heavy atom. The van der Waals surface area contributed by atoms with Gasteiger partial charge in [-0.3, -0.25) is 9.78 Å². The zero-order valence-electron chi connectivity index (χ0n) is 13.4. The fourth-order valence-electron chi connectivity index (χ4n) is 3.30. The van der Waals surface area contributed by atoms with E-state index in [0.717, 1.165) is 18.4 Å². The fourth-order valence-corrected chi connectivity index (χ4v) is 5.01. The van der Waals surface area contributed by atoms with E-state index in [2.05, 4.69) is 10.3 Å². The monoisotopic (exact) mass is 359 g/mol. The zero-order chi connectivity index (χ0) is 17.4. The van der Waals surface area contributed by atoms with Crippen molar-refractivity contribution in [2.45, 2.75) is 23.8 Å². The predicted molar refractivity (Wildman–Crippen MR) is 90.7 cm³/mol. The first-order valence-corrected chi connectivity index (χ1v) is 9.48. The Balaban J connectivity index is 1.69. The molecule has 0 spiro atoms. The van der Waals surface area contributed by atoms with E-state index >= 15 is 0 Å². The van der Waals surface area contributed by atoms with Crippen LogP contribution in [0.5, 0.6) is 5.75 Å². The molecule has 7 nitrogen and oxygen atoms in total. The van der Waals surface area contributed by atoms with E-state index in [-0.39, 0.29) is 23.5 Å². The molecule has 0 radical (unpaired) electrons. The Labute approximate surface area is 145 Å². The van der Waals surface area contributed by atoms with Crippen molar-refractivity contribution in [3.8, 4) is 5.75 Å². The van der Waals surface area contributed by atoms with Crippen LogP contribution < -0.4 is 10.1 Å². The van der Waals surface area contributed by atoms with Gasteiger partial charge in [0.15, 0.2) is 6.61 Å². The lowest BCUT2D eigenvalue weighted by atomic mass is 10.1. The number of fused-ring (bicyclic) bond motifs is 1. The largest absolute Gasteiger partial charge is 0.482 e. The zero-order valence-corrected chi connectivity index (χ0v) is 14.2. The smallest absolute Gasteiger partial charge is 0.262 e. The molecule has 1 aromatic heterocycles. The minimum absolute atomic E-state index is 0.0602. The molecule has 0 saturated carbocycles. The molecule has 8 heteroatoms. The van der Waals surface area contributed by atoms with Gasteiger partial charge in [0.05, 0.1) is 16.6 Å². The molecule has 1 saturated heterocycles. The molecule has 1 atom stereocenters. The quantitative estimate of drug-likeness (QED) is 0.905. The second kappa shape index (κ2) is 6.12. The average molecular weight is 359 g/mol. The van der Waals surface area contributed by atoms with E-state index in [1.807, 2.05) is 12.1 Å². The minimum Gasteiger partial charge on any atom is -0.482 e. The van der Waals surface area contributed by atoms with Crippen molar-refractivity contribution < 1.29 is 17.9 Å². The van der Waals surface area contributed by atoms with Crippen molar-refractivity contribution >= 4 is 21.6 Å². The van der Waals surface area contributed by atoms with Crippen LogP contribution in [0.15, 0.2) is 47.6 Å². The van der Waals surface area contributed by atoms with E-state index in [1.54, 1.807) is 18.5 Å². The second-order valence-corrected chi connectivity index (χ2v) is 7.94. The highest BCUT2D eigenvalue weighted by Gasteiger charge is 2.36. The number of carbonyl (C=O) groups is 1. The van der Waals surface area contributed by atoms with Gasteiger partial charge in [-0.1, -0.05) is 0 Å². The van der Waals surface area contributed by atoms with Gasteiger partial charge in [0.25, 0.3) is 5.91 Å². The lowest BCUT2D eigenvalue weighted by molar-refractivity contribution is -0.118. The number of pyridine rings is 1. The molecule has 1 fully saturated rings. The third-order valence-electron chi connectivity index (χ3n) is 4.49. The van der Waals surface area contributed by atoms with E-state index in [4.69, 9.17) is 4.74 Å². The third-order valence-corrected chi connectivity index (χ3v) is 6.39. The summed E-state index contributed by atoms with van der Waals surface area (Å²) in [5.41, 5.74) is 1.32. The summed E-state index contributed by atoms with van der Waals surface area (Å²) in [4.78, 5) is 15.6. The molecular formula is C17H17N3O4S. The Kier molecular flexibility index (Phi) is 3.93. The summed E-state index contributed by atoms with van der Waals surface area (Å²) >= 11 is 0. The molecule has 1 aromatic carbocycles. The predicted octanol–water partition coefficient (Wildman–Crippen LogP) is 1.94. The van der Waals surface area contributed by atoms with Gasteiger partial charge in [-0.2, -0.15) is 4.31 Å². The van der Waals surface area contributed by atoms with Gasteiger partial charge >= 0.3 is 0 Å². The molecule has 130 valence electrons. The maximum absolute atomic E-state index is 13.1. The van der Waals surface area contributed by atoms with E-state index in [1.165, 1.54) is 16.4 Å². The summed E-state index contributed by atoms with van der Waals surface area (Å²) < 4.78 is 33.1. The summed E-state index contributed by atoms with van der Waals surface area (Å²) in [5.74, 6) is 0.184. The minimum atomic E-state index is -3.68. The Hall–Kier alpha value is -2.45. The van der Waals surface area contributed by atoms with Gasteiger partial charge < -0.3 is 10.1 Å². The van der Waals surface area contributed by atoms with Gasteiger partial charge in [-0.15, -0.1) is 0 Å². The number of benzene rings is 1. The molecule has 4 rings (SSSR count). The molecule has 3 heterocycles. The van der Waals surface area contributed by atoms with E-state index in [9.17, 15) is 13.2 Å². The Bertz CT molecular complexity index is 915. The first kappa shape index (κ1) is 16.0. The Morgan fingerprint density at radius 1 is 1.20 bits per heavy atom. The molecule has 2 aromatic rings. The molecule has 0 bridgehead atoms. The summed E-state index contributed by atoms with van der Waals surface area (Å²) in [7, 11) is -3.68. The molecule has 1 amide bonds. The maximum atomic E-state index is 13.1. The van der Waals surface area contributed by atoms with Crippen LogP contribution in [0.4, 0.5) is 5.69 Å². The molecule has 25 heavy (non-hydrogen) atoms. The van der Waals surface area contributed by atoms with Crippen molar-refractivity contribution in [2.75, 3.05) is 18.5 Å². The summed E-state index contributed by atoms with van der Waals surface area (Å²) in [6.07, 6.45) is 4.92. The number of anilines is 1. The van der Waals surface area contributed by atoms with Crippen LogP contribution in [0.25, 0.3) is 0 Å². The van der Waals surface area contributed by atoms with Gasteiger partial charge in [0, 0.05) is 18.9 Å². The van der Waals surface area contributed by atoms with Crippen LogP contribution in [0.3, 0.4) is 0 Å². The number of hydrogen-bond acceptors (Lipinski definition) is 5. The molecule has 2 aliphatic heterocycles. The Morgan fingerprint density at radius 3 is 2.80 bits per heavy atom. The molecule has 0 unspecified atom stereocenters. The summed E-state index contributed by atoms with van der Waals surface area (Å²) in [6.45, 7) is 0.407.